The van der Waals surface area contributed by atoms with Crippen LogP contribution in [0, 0.1) is 10.1 Å². The highest BCUT2D eigenvalue weighted by molar-refractivity contribution is 7.90. The van der Waals surface area contributed by atoms with Crippen molar-refractivity contribution in [3.05, 3.63) is 61.1 Å². The van der Waals surface area contributed by atoms with Crippen molar-refractivity contribution in [2.45, 2.75) is 18.0 Å². The fourth-order valence-electron chi connectivity index (χ4n) is 2.91. The number of anilines is 1. The Hall–Kier alpha value is -3.30. The largest absolute Gasteiger partial charge is 0.345 e. The summed E-state index contributed by atoms with van der Waals surface area (Å²) in [5, 5.41) is 21.7. The summed E-state index contributed by atoms with van der Waals surface area (Å²) in [7, 11) is -2.08. The molecule has 12 nitrogen and oxygen atoms in total. The summed E-state index contributed by atoms with van der Waals surface area (Å²) in [6.07, 6.45) is 2.66. The molecular formula is C17H15N7O5S3. The minimum absolute atomic E-state index is 0.0523. The van der Waals surface area contributed by atoms with Gasteiger partial charge < -0.3 is 4.90 Å². The third-order valence-electron chi connectivity index (χ3n) is 4.41. The maximum absolute atomic E-state index is 12.6. The lowest BCUT2D eigenvalue weighted by atomic mass is 10.2. The van der Waals surface area contributed by atoms with Gasteiger partial charge in [0.25, 0.3) is 11.2 Å². The SMILES string of the molecule is CN(Cc1cn(Cc2cscn2)nn1)c1nc(=O)c2cc(S(C)(=O)=O)cc([N+](=O)[O-])c2s1. The predicted molar refractivity (Wildman–Crippen MR) is 119 cm³/mol. The van der Waals surface area contributed by atoms with Crippen molar-refractivity contribution in [2.24, 2.45) is 0 Å². The van der Waals surface area contributed by atoms with E-state index < -0.39 is 26.0 Å². The van der Waals surface area contributed by atoms with Crippen LogP contribution >= 0.6 is 22.7 Å². The van der Waals surface area contributed by atoms with Crippen LogP contribution in [-0.2, 0) is 22.9 Å². The van der Waals surface area contributed by atoms with E-state index in [2.05, 4.69) is 20.3 Å². The second-order valence-corrected chi connectivity index (χ2v) is 10.6. The average molecular weight is 494 g/mol. The van der Waals surface area contributed by atoms with Crippen LogP contribution in [0.2, 0.25) is 0 Å². The Bertz CT molecular complexity index is 1480. The predicted octanol–water partition coefficient (Wildman–Crippen LogP) is 1.70. The van der Waals surface area contributed by atoms with E-state index >= 15 is 0 Å². The third kappa shape index (κ3) is 4.49. The first-order valence-electron chi connectivity index (χ1n) is 8.92. The molecule has 0 N–H and O–H groups in total. The molecule has 0 saturated carbocycles. The van der Waals surface area contributed by atoms with Gasteiger partial charge in [0, 0.05) is 24.7 Å². The number of sulfone groups is 1. The van der Waals surface area contributed by atoms with Gasteiger partial charge in [0.05, 0.1) is 45.7 Å². The summed E-state index contributed by atoms with van der Waals surface area (Å²) in [5.41, 5.74) is 1.98. The zero-order chi connectivity index (χ0) is 23.0. The minimum atomic E-state index is -3.75. The molecule has 0 bridgehead atoms. The van der Waals surface area contributed by atoms with Gasteiger partial charge in [-0.05, 0) is 6.07 Å². The monoisotopic (exact) mass is 493 g/mol. The van der Waals surface area contributed by atoms with E-state index in [1.165, 1.54) is 11.3 Å². The molecule has 0 unspecified atom stereocenters. The van der Waals surface area contributed by atoms with E-state index in [1.807, 2.05) is 5.38 Å². The lowest BCUT2D eigenvalue weighted by molar-refractivity contribution is -0.383. The standard InChI is InChI=1S/C17H15N7O5S3/c1-22(5-10-6-23(21-20-10)7-11-8-30-9-18-11)17-19-16(25)13-3-12(32(2,28)29)4-14(24(26)27)15(13)31-17/h3-4,6,8-9H,5,7H2,1-2H3. The number of aromatic nitrogens is 5. The Kier molecular flexibility index (Phi) is 5.70. The molecule has 0 amide bonds. The molecule has 166 valence electrons. The maximum Gasteiger partial charge on any atom is 0.288 e. The number of hydrogen-bond acceptors (Lipinski definition) is 12. The first-order chi connectivity index (χ1) is 15.1. The molecule has 1 aromatic carbocycles. The van der Waals surface area contributed by atoms with Gasteiger partial charge in [0.2, 0.25) is 0 Å². The fourth-order valence-corrected chi connectivity index (χ4v) is 5.14. The number of thiazole rings is 1. The second kappa shape index (κ2) is 8.33. The van der Waals surface area contributed by atoms with Crippen LogP contribution < -0.4 is 10.5 Å². The molecule has 4 rings (SSSR count). The molecule has 0 aliphatic rings. The lowest BCUT2D eigenvalue weighted by Gasteiger charge is -2.15. The van der Waals surface area contributed by atoms with Crippen molar-refractivity contribution < 1.29 is 13.3 Å². The molecule has 0 atom stereocenters. The maximum atomic E-state index is 12.6. The van der Waals surface area contributed by atoms with E-state index in [4.69, 9.17) is 0 Å². The van der Waals surface area contributed by atoms with Gasteiger partial charge in [-0.15, -0.1) is 16.4 Å². The number of rotatable bonds is 7. The van der Waals surface area contributed by atoms with Crippen LogP contribution in [0.4, 0.5) is 10.8 Å². The van der Waals surface area contributed by atoms with E-state index in [9.17, 15) is 23.3 Å². The molecular weight excluding hydrogens is 478 g/mol. The fraction of sp³-hybridized carbons (Fsp3) is 0.235. The number of nitro benzene ring substituents is 1. The van der Waals surface area contributed by atoms with E-state index in [0.717, 1.165) is 35.4 Å². The highest BCUT2D eigenvalue weighted by Crippen LogP contribution is 2.34. The van der Waals surface area contributed by atoms with Crippen LogP contribution in [0.25, 0.3) is 10.1 Å². The summed E-state index contributed by atoms with van der Waals surface area (Å²) in [6.45, 7) is 0.720. The molecule has 0 radical (unpaired) electrons. The molecule has 0 fully saturated rings. The highest BCUT2D eigenvalue weighted by atomic mass is 32.2. The van der Waals surface area contributed by atoms with Gasteiger partial charge in [-0.3, -0.25) is 14.9 Å². The normalized spacial score (nSPS) is 11.7. The lowest BCUT2D eigenvalue weighted by Crippen LogP contribution is -2.20. The van der Waals surface area contributed by atoms with Crippen LogP contribution in [0.1, 0.15) is 11.4 Å². The smallest absolute Gasteiger partial charge is 0.288 e. The van der Waals surface area contributed by atoms with Crippen molar-refractivity contribution in [2.75, 3.05) is 18.2 Å². The van der Waals surface area contributed by atoms with Crippen molar-refractivity contribution in [1.82, 2.24) is 25.0 Å². The van der Waals surface area contributed by atoms with Crippen molar-refractivity contribution >= 4 is 53.4 Å². The summed E-state index contributed by atoms with van der Waals surface area (Å²) in [5.74, 6) is 0. The molecule has 0 aliphatic heterocycles. The second-order valence-electron chi connectivity index (χ2n) is 6.89. The van der Waals surface area contributed by atoms with Crippen LogP contribution in [-0.4, -0.2) is 51.6 Å². The van der Waals surface area contributed by atoms with Crippen LogP contribution in [0.15, 0.2) is 38.9 Å². The van der Waals surface area contributed by atoms with Crippen LogP contribution in [0.5, 0.6) is 0 Å². The molecule has 4 aromatic rings. The molecule has 3 aromatic heterocycles. The molecule has 32 heavy (non-hydrogen) atoms. The Morgan fingerprint density at radius 3 is 2.72 bits per heavy atom. The Morgan fingerprint density at radius 2 is 2.06 bits per heavy atom. The zero-order valence-electron chi connectivity index (χ0n) is 16.7. The molecule has 0 saturated heterocycles. The Labute approximate surface area is 188 Å². The zero-order valence-corrected chi connectivity index (χ0v) is 19.1. The summed E-state index contributed by atoms with van der Waals surface area (Å²) >= 11 is 2.41. The highest BCUT2D eigenvalue weighted by Gasteiger charge is 2.23. The average Bonchev–Trinajstić information content (AvgIpc) is 3.38. The topological polar surface area (TPSA) is 154 Å². The van der Waals surface area contributed by atoms with Gasteiger partial charge in [-0.2, -0.15) is 4.98 Å². The summed E-state index contributed by atoms with van der Waals surface area (Å²) in [4.78, 5) is 33.0. The molecule has 0 spiro atoms. The number of benzene rings is 1. The van der Waals surface area contributed by atoms with Crippen molar-refractivity contribution in [1.29, 1.82) is 0 Å². The van der Waals surface area contributed by atoms with Gasteiger partial charge in [0.1, 0.15) is 10.4 Å². The number of fused-ring (bicyclic) bond motifs is 1. The minimum Gasteiger partial charge on any atom is -0.345 e. The number of non-ortho nitro benzene ring substituents is 1. The molecule has 3 heterocycles. The first kappa shape index (κ1) is 21.9. The van der Waals surface area contributed by atoms with Gasteiger partial charge in [-0.25, -0.2) is 18.1 Å². The number of nitrogens with zero attached hydrogens (tertiary/aromatic N) is 7. The van der Waals surface area contributed by atoms with E-state index in [1.54, 1.807) is 28.3 Å². The molecule has 0 aliphatic carbocycles. The van der Waals surface area contributed by atoms with Crippen LogP contribution in [0.3, 0.4) is 0 Å². The van der Waals surface area contributed by atoms with Gasteiger partial charge in [-0.1, -0.05) is 16.6 Å². The quantitative estimate of drug-likeness (QED) is 0.274. The number of nitro groups is 1. The van der Waals surface area contributed by atoms with Gasteiger partial charge in [0.15, 0.2) is 15.0 Å². The van der Waals surface area contributed by atoms with E-state index in [-0.39, 0.29) is 26.7 Å². The van der Waals surface area contributed by atoms with Crippen molar-refractivity contribution in [3.8, 4) is 0 Å². The summed E-state index contributed by atoms with van der Waals surface area (Å²) in [6, 6.07) is 2.08. The van der Waals surface area contributed by atoms with E-state index in [0.29, 0.717) is 12.2 Å². The first-order valence-corrected chi connectivity index (χ1v) is 12.6. The Morgan fingerprint density at radius 1 is 1.28 bits per heavy atom. The molecule has 15 heteroatoms. The van der Waals surface area contributed by atoms with Gasteiger partial charge >= 0.3 is 0 Å². The summed E-state index contributed by atoms with van der Waals surface area (Å²) < 4.78 is 25.4. The Balaban J connectivity index is 1.67. The number of hydrogen-bond donors (Lipinski definition) is 0. The van der Waals surface area contributed by atoms with Crippen molar-refractivity contribution in [3.63, 3.8) is 0 Å². The third-order valence-corrected chi connectivity index (χ3v) is 7.35.